The lowest BCUT2D eigenvalue weighted by Crippen LogP contribution is -2.08. The summed E-state index contributed by atoms with van der Waals surface area (Å²) in [6.45, 7) is 8.30. The number of hydrogen-bond acceptors (Lipinski definition) is 3. The second-order valence-corrected chi connectivity index (χ2v) is 3.79. The first-order valence-electron chi connectivity index (χ1n) is 5.99. The van der Waals surface area contributed by atoms with Crippen LogP contribution in [0.5, 0.6) is 0 Å². The van der Waals surface area contributed by atoms with Crippen molar-refractivity contribution in [3.8, 4) is 0 Å². The van der Waals surface area contributed by atoms with Crippen LogP contribution in [-0.2, 0) is 14.3 Å². The fourth-order valence-electron chi connectivity index (χ4n) is 0.740. The molecule has 0 radical (unpaired) electrons. The largest absolute Gasteiger partial charge is 0.481 e. The second-order valence-electron chi connectivity index (χ2n) is 3.79. The van der Waals surface area contributed by atoms with Gasteiger partial charge in [-0.25, -0.2) is 4.79 Å². The van der Waals surface area contributed by atoms with Gasteiger partial charge in [0.25, 0.3) is 0 Å². The first-order chi connectivity index (χ1) is 7.97. The van der Waals surface area contributed by atoms with Crippen molar-refractivity contribution in [1.82, 2.24) is 0 Å². The van der Waals surface area contributed by atoms with Crippen LogP contribution in [0.15, 0.2) is 12.2 Å². The van der Waals surface area contributed by atoms with Crippen LogP contribution < -0.4 is 0 Å². The molecule has 100 valence electrons. The standard InChI is InChI=1S/C9H16O2.C4H8O2/c1-4-6-9(10)11-7-8(3)5-2;1-2-3-4(5)6/h4,6,8H,5,7H2,1-3H3;2-3H2,1H3,(H,5,6). The van der Waals surface area contributed by atoms with Gasteiger partial charge in [-0.2, -0.15) is 0 Å². The van der Waals surface area contributed by atoms with E-state index in [1.165, 1.54) is 6.08 Å². The van der Waals surface area contributed by atoms with Crippen LogP contribution in [0.1, 0.15) is 47.0 Å². The van der Waals surface area contributed by atoms with Crippen molar-refractivity contribution in [1.29, 1.82) is 0 Å². The predicted octanol–water partition coefficient (Wildman–Crippen LogP) is 3.02. The molecule has 1 atom stereocenters. The molecule has 0 rings (SSSR count). The Balaban J connectivity index is 0. The third-order valence-electron chi connectivity index (χ3n) is 1.97. The Hall–Kier alpha value is -1.32. The highest BCUT2D eigenvalue weighted by Gasteiger charge is 2.01. The van der Waals surface area contributed by atoms with Crippen LogP contribution in [0.4, 0.5) is 0 Å². The summed E-state index contributed by atoms with van der Waals surface area (Å²) in [5.41, 5.74) is 0. The van der Waals surface area contributed by atoms with Crippen molar-refractivity contribution in [2.45, 2.75) is 47.0 Å². The molecule has 0 aliphatic rings. The molecule has 0 amide bonds. The maximum Gasteiger partial charge on any atom is 0.330 e. The van der Waals surface area contributed by atoms with Gasteiger partial charge in [0.05, 0.1) is 6.61 Å². The lowest BCUT2D eigenvalue weighted by molar-refractivity contribution is -0.139. The first kappa shape index (κ1) is 18.1. The van der Waals surface area contributed by atoms with E-state index in [4.69, 9.17) is 9.84 Å². The molecule has 0 spiro atoms. The highest BCUT2D eigenvalue weighted by atomic mass is 16.5. The Kier molecular flexibility index (Phi) is 13.5. The summed E-state index contributed by atoms with van der Waals surface area (Å²) in [6.07, 6.45) is 5.18. The van der Waals surface area contributed by atoms with E-state index >= 15 is 0 Å². The van der Waals surface area contributed by atoms with E-state index in [1.807, 2.05) is 6.92 Å². The summed E-state index contributed by atoms with van der Waals surface area (Å²) in [5.74, 6) is -0.491. The van der Waals surface area contributed by atoms with Crippen molar-refractivity contribution in [2.24, 2.45) is 5.92 Å². The average Bonchev–Trinajstić information content (AvgIpc) is 2.27. The molecule has 4 heteroatoms. The fraction of sp³-hybridized carbons (Fsp3) is 0.692. The molecule has 0 saturated heterocycles. The van der Waals surface area contributed by atoms with Gasteiger partial charge < -0.3 is 9.84 Å². The zero-order chi connectivity index (χ0) is 13.7. The topological polar surface area (TPSA) is 63.6 Å². The average molecular weight is 244 g/mol. The van der Waals surface area contributed by atoms with E-state index in [0.29, 0.717) is 18.9 Å². The van der Waals surface area contributed by atoms with E-state index in [-0.39, 0.29) is 5.97 Å². The van der Waals surface area contributed by atoms with Gasteiger partial charge in [0, 0.05) is 12.5 Å². The van der Waals surface area contributed by atoms with E-state index in [1.54, 1.807) is 13.0 Å². The molecule has 1 unspecified atom stereocenters. The Bertz CT molecular complexity index is 234. The van der Waals surface area contributed by atoms with Crippen molar-refractivity contribution >= 4 is 11.9 Å². The summed E-state index contributed by atoms with van der Waals surface area (Å²) in [5, 5.41) is 7.91. The molecule has 0 aromatic carbocycles. The molecule has 1 N–H and O–H groups in total. The minimum absolute atomic E-state index is 0.243. The predicted molar refractivity (Wildman–Crippen MR) is 67.8 cm³/mol. The number of carbonyl (C=O) groups is 2. The van der Waals surface area contributed by atoms with E-state index in [2.05, 4.69) is 13.8 Å². The maximum atomic E-state index is 10.8. The first-order valence-corrected chi connectivity index (χ1v) is 5.99. The van der Waals surface area contributed by atoms with Gasteiger partial charge in [-0.3, -0.25) is 4.79 Å². The Morgan fingerprint density at radius 1 is 1.35 bits per heavy atom. The van der Waals surface area contributed by atoms with Crippen LogP contribution in [0.2, 0.25) is 0 Å². The number of hydrogen-bond donors (Lipinski definition) is 1. The molecule has 0 fully saturated rings. The molecule has 0 heterocycles. The van der Waals surface area contributed by atoms with Crippen molar-refractivity contribution < 1.29 is 19.4 Å². The summed E-state index contributed by atoms with van der Waals surface area (Å²) in [4.78, 5) is 20.4. The van der Waals surface area contributed by atoms with Crippen LogP contribution in [0.3, 0.4) is 0 Å². The van der Waals surface area contributed by atoms with Gasteiger partial charge in [-0.05, 0) is 19.3 Å². The third kappa shape index (κ3) is 17.3. The fourth-order valence-corrected chi connectivity index (χ4v) is 0.740. The van der Waals surface area contributed by atoms with Gasteiger partial charge in [-0.15, -0.1) is 0 Å². The third-order valence-corrected chi connectivity index (χ3v) is 1.97. The van der Waals surface area contributed by atoms with E-state index < -0.39 is 5.97 Å². The molecular formula is C13H24O4. The van der Waals surface area contributed by atoms with Crippen LogP contribution >= 0.6 is 0 Å². The van der Waals surface area contributed by atoms with E-state index in [0.717, 1.165) is 12.8 Å². The van der Waals surface area contributed by atoms with Crippen molar-refractivity contribution in [2.75, 3.05) is 6.61 Å². The lowest BCUT2D eigenvalue weighted by atomic mass is 10.1. The number of rotatable bonds is 6. The number of allylic oxidation sites excluding steroid dienone is 1. The SMILES string of the molecule is CC=CC(=O)OCC(C)CC.CCCC(=O)O. The summed E-state index contributed by atoms with van der Waals surface area (Å²) in [6, 6.07) is 0. The Labute approximate surface area is 104 Å². The minimum Gasteiger partial charge on any atom is -0.481 e. The quantitative estimate of drug-likeness (QED) is 0.576. The number of ether oxygens (including phenoxy) is 1. The molecule has 0 aliphatic heterocycles. The Morgan fingerprint density at radius 2 is 1.94 bits per heavy atom. The van der Waals surface area contributed by atoms with Gasteiger partial charge in [0.1, 0.15) is 0 Å². The molecule has 0 saturated carbocycles. The monoisotopic (exact) mass is 244 g/mol. The van der Waals surface area contributed by atoms with E-state index in [9.17, 15) is 9.59 Å². The number of carboxylic acid groups (broad SMARTS) is 1. The normalized spacial score (nSPS) is 11.5. The highest BCUT2D eigenvalue weighted by Crippen LogP contribution is 2.00. The van der Waals surface area contributed by atoms with Crippen molar-refractivity contribution in [3.05, 3.63) is 12.2 Å². The molecule has 4 nitrogen and oxygen atoms in total. The van der Waals surface area contributed by atoms with Crippen LogP contribution in [-0.4, -0.2) is 23.7 Å². The molecule has 0 aromatic heterocycles. The number of aliphatic carboxylic acids is 1. The van der Waals surface area contributed by atoms with Gasteiger partial charge in [-0.1, -0.05) is 33.3 Å². The van der Waals surface area contributed by atoms with Crippen LogP contribution in [0.25, 0.3) is 0 Å². The van der Waals surface area contributed by atoms with Gasteiger partial charge in [0.15, 0.2) is 0 Å². The molecular weight excluding hydrogens is 220 g/mol. The van der Waals surface area contributed by atoms with Crippen molar-refractivity contribution in [3.63, 3.8) is 0 Å². The number of esters is 1. The minimum atomic E-state index is -0.711. The lowest BCUT2D eigenvalue weighted by Gasteiger charge is -2.06. The summed E-state index contributed by atoms with van der Waals surface area (Å²) < 4.78 is 4.91. The summed E-state index contributed by atoms with van der Waals surface area (Å²) >= 11 is 0. The zero-order valence-electron chi connectivity index (χ0n) is 11.2. The summed E-state index contributed by atoms with van der Waals surface area (Å²) in [7, 11) is 0. The molecule has 0 aliphatic carbocycles. The molecule has 17 heavy (non-hydrogen) atoms. The van der Waals surface area contributed by atoms with Gasteiger partial charge >= 0.3 is 11.9 Å². The second kappa shape index (κ2) is 12.7. The van der Waals surface area contributed by atoms with Crippen LogP contribution in [0, 0.1) is 5.92 Å². The smallest absolute Gasteiger partial charge is 0.330 e. The van der Waals surface area contributed by atoms with Gasteiger partial charge in [0.2, 0.25) is 0 Å². The highest BCUT2D eigenvalue weighted by molar-refractivity contribution is 5.81. The Morgan fingerprint density at radius 3 is 2.24 bits per heavy atom. The number of carboxylic acids is 1. The zero-order valence-corrected chi connectivity index (χ0v) is 11.2. The molecule has 0 aromatic rings. The molecule has 0 bridgehead atoms. The maximum absolute atomic E-state index is 10.8. The number of carbonyl (C=O) groups excluding carboxylic acids is 1.